The molecule has 44 heavy (non-hydrogen) atoms. The van der Waals surface area contributed by atoms with Crippen LogP contribution in [0.4, 0.5) is 10.5 Å². The molecule has 1 amide bonds. The topological polar surface area (TPSA) is 123 Å². The van der Waals surface area contributed by atoms with Crippen LogP contribution in [0, 0.1) is 11.3 Å². The van der Waals surface area contributed by atoms with Crippen LogP contribution in [0.2, 0.25) is 0 Å². The molecular weight excluding hydrogens is 582 g/mol. The number of rotatable bonds is 18. The van der Waals surface area contributed by atoms with Crippen LogP contribution in [0.1, 0.15) is 37.3 Å². The average molecular weight is 620 g/mol. The van der Waals surface area contributed by atoms with E-state index in [9.17, 15) is 10.1 Å². The number of likely N-dealkylation sites (N-methyl/N-ethyl adjacent to an activating group) is 1. The summed E-state index contributed by atoms with van der Waals surface area (Å²) in [4.78, 5) is 23.1. The van der Waals surface area contributed by atoms with Gasteiger partial charge in [-0.3, -0.25) is 0 Å². The minimum Gasteiger partial charge on any atom is -0.448 e. The average Bonchev–Trinajstić information content (AvgIpc) is 3.48. The van der Waals surface area contributed by atoms with E-state index in [1.54, 1.807) is 6.08 Å². The number of alkyl carbamates (subject to hydrolysis) is 1. The Bertz CT molecular complexity index is 1530. The molecule has 4 aromatic rings. The van der Waals surface area contributed by atoms with Gasteiger partial charge in [-0.2, -0.15) is 5.26 Å². The SMILES string of the molecule is CN(CCOC(=O)NCCOCCOCCCCCCCl)c1ccc2nc(/C=C(\C#N)c3nc4ccccc4o3)ccc2c1. The molecule has 0 radical (unpaired) electrons. The number of allylic oxidation sites excluding steroid dienone is 1. The first kappa shape index (κ1) is 32.7. The summed E-state index contributed by atoms with van der Waals surface area (Å²) in [6, 6.07) is 19.2. The number of nitrogens with zero attached hydrogens (tertiary/aromatic N) is 4. The van der Waals surface area contributed by atoms with E-state index in [2.05, 4.69) is 21.4 Å². The molecule has 0 atom stereocenters. The molecule has 0 fully saturated rings. The summed E-state index contributed by atoms with van der Waals surface area (Å²) >= 11 is 5.66. The Labute approximate surface area is 262 Å². The van der Waals surface area contributed by atoms with Crippen molar-refractivity contribution in [3.05, 3.63) is 66.2 Å². The number of aromatic nitrogens is 2. The van der Waals surface area contributed by atoms with Gasteiger partial charge in [0.05, 0.1) is 37.6 Å². The van der Waals surface area contributed by atoms with Gasteiger partial charge in [0.15, 0.2) is 5.58 Å². The van der Waals surface area contributed by atoms with Crippen LogP contribution in [0.25, 0.3) is 33.7 Å². The fraction of sp³-hybridized carbons (Fsp3) is 0.394. The van der Waals surface area contributed by atoms with E-state index in [0.29, 0.717) is 55.3 Å². The summed E-state index contributed by atoms with van der Waals surface area (Å²) in [6.45, 7) is 3.27. The highest BCUT2D eigenvalue weighted by Crippen LogP contribution is 2.24. The van der Waals surface area contributed by atoms with E-state index < -0.39 is 6.09 Å². The first-order valence-corrected chi connectivity index (χ1v) is 15.3. The number of hydrogen-bond acceptors (Lipinski definition) is 9. The molecule has 2 aromatic carbocycles. The fourth-order valence-corrected chi connectivity index (χ4v) is 4.57. The Morgan fingerprint density at radius 2 is 1.80 bits per heavy atom. The standard InChI is InChI=1S/C33H38ClN5O5/c1-39(16-19-43-33(40)36-15-18-42-21-20-41-17-7-3-2-6-14-34)28-12-13-29-25(23-28)10-11-27(37-29)22-26(24-35)32-38-30-8-4-5-9-31(30)44-32/h4-5,8-13,22-23H,2-3,6-7,14-21H2,1H3,(H,36,40)/b26-22+. The van der Waals surface area contributed by atoms with Crippen molar-refractivity contribution in [2.45, 2.75) is 25.7 Å². The van der Waals surface area contributed by atoms with Gasteiger partial charge in [-0.05, 0) is 55.3 Å². The van der Waals surface area contributed by atoms with Crippen LogP contribution in [-0.2, 0) is 14.2 Å². The minimum absolute atomic E-state index is 0.231. The highest BCUT2D eigenvalue weighted by molar-refractivity contribution is 6.17. The highest BCUT2D eigenvalue weighted by atomic mass is 35.5. The zero-order chi connectivity index (χ0) is 31.0. The van der Waals surface area contributed by atoms with Crippen LogP contribution < -0.4 is 10.2 Å². The van der Waals surface area contributed by atoms with Crippen molar-refractivity contribution >= 4 is 57.0 Å². The second kappa shape index (κ2) is 17.8. The second-order valence-electron chi connectivity index (χ2n) is 10.1. The number of carbonyl (C=O) groups is 1. The van der Waals surface area contributed by atoms with Crippen LogP contribution >= 0.6 is 11.6 Å². The van der Waals surface area contributed by atoms with Gasteiger partial charge in [-0.1, -0.05) is 31.0 Å². The number of hydrogen-bond donors (Lipinski definition) is 1. The van der Waals surface area contributed by atoms with Crippen molar-refractivity contribution in [3.63, 3.8) is 0 Å². The Balaban J connectivity index is 1.16. The number of ether oxygens (including phenoxy) is 3. The Hall–Kier alpha value is -4.17. The maximum atomic E-state index is 12.0. The molecule has 0 spiro atoms. The number of anilines is 1. The summed E-state index contributed by atoms with van der Waals surface area (Å²) in [5, 5.41) is 13.3. The van der Waals surface area contributed by atoms with Gasteiger partial charge >= 0.3 is 6.09 Å². The smallest absolute Gasteiger partial charge is 0.407 e. The summed E-state index contributed by atoms with van der Waals surface area (Å²) in [6.07, 6.45) is 5.54. The van der Waals surface area contributed by atoms with E-state index >= 15 is 0 Å². The molecule has 2 heterocycles. The van der Waals surface area contributed by atoms with Crippen molar-refractivity contribution in [1.29, 1.82) is 5.26 Å². The summed E-state index contributed by atoms with van der Waals surface area (Å²) in [5.41, 5.74) is 3.99. The van der Waals surface area contributed by atoms with Crippen molar-refractivity contribution < 1.29 is 23.4 Å². The van der Waals surface area contributed by atoms with Crippen molar-refractivity contribution in [2.75, 3.05) is 64.0 Å². The van der Waals surface area contributed by atoms with E-state index in [1.807, 2.05) is 66.5 Å². The third-order valence-corrected chi connectivity index (χ3v) is 7.06. The number of amides is 1. The number of pyridine rings is 1. The number of benzene rings is 2. The maximum Gasteiger partial charge on any atom is 0.407 e. The van der Waals surface area contributed by atoms with E-state index in [0.717, 1.165) is 54.8 Å². The molecule has 10 nitrogen and oxygen atoms in total. The maximum absolute atomic E-state index is 12.0. The summed E-state index contributed by atoms with van der Waals surface area (Å²) in [5.74, 6) is 0.980. The quantitative estimate of drug-likeness (QED) is 0.0762. The van der Waals surface area contributed by atoms with Crippen molar-refractivity contribution in [3.8, 4) is 6.07 Å². The summed E-state index contributed by atoms with van der Waals surface area (Å²) in [7, 11) is 1.93. The lowest BCUT2D eigenvalue weighted by molar-refractivity contribution is 0.0469. The molecule has 232 valence electrons. The normalized spacial score (nSPS) is 11.5. The van der Waals surface area contributed by atoms with E-state index in [4.69, 9.17) is 30.2 Å². The number of nitriles is 1. The van der Waals surface area contributed by atoms with Crippen LogP contribution in [0.3, 0.4) is 0 Å². The van der Waals surface area contributed by atoms with E-state index in [1.165, 1.54) is 0 Å². The molecule has 0 aliphatic rings. The van der Waals surface area contributed by atoms with Gasteiger partial charge in [-0.25, -0.2) is 14.8 Å². The van der Waals surface area contributed by atoms with E-state index in [-0.39, 0.29) is 12.5 Å². The molecule has 11 heteroatoms. The van der Waals surface area contributed by atoms with Crippen LogP contribution in [-0.4, -0.2) is 75.1 Å². The fourth-order valence-electron chi connectivity index (χ4n) is 4.38. The third kappa shape index (κ3) is 10.2. The lowest BCUT2D eigenvalue weighted by atomic mass is 10.1. The highest BCUT2D eigenvalue weighted by Gasteiger charge is 2.12. The molecule has 4 rings (SSSR count). The number of para-hydroxylation sites is 2. The number of halogens is 1. The van der Waals surface area contributed by atoms with Gasteiger partial charge in [0.1, 0.15) is 23.8 Å². The third-order valence-electron chi connectivity index (χ3n) is 6.79. The molecule has 0 aliphatic heterocycles. The van der Waals surface area contributed by atoms with Crippen LogP contribution in [0.5, 0.6) is 0 Å². The molecule has 2 aromatic heterocycles. The minimum atomic E-state index is -0.479. The zero-order valence-electron chi connectivity index (χ0n) is 25.0. The molecule has 0 aliphatic carbocycles. The van der Waals surface area contributed by atoms with Gasteiger partial charge < -0.3 is 28.8 Å². The Morgan fingerprint density at radius 3 is 2.61 bits per heavy atom. The summed E-state index contributed by atoms with van der Waals surface area (Å²) < 4.78 is 22.1. The lowest BCUT2D eigenvalue weighted by Crippen LogP contribution is -2.31. The molecular formula is C33H38ClN5O5. The second-order valence-corrected chi connectivity index (χ2v) is 10.5. The monoisotopic (exact) mass is 619 g/mol. The zero-order valence-corrected chi connectivity index (χ0v) is 25.7. The Kier molecular flexibility index (Phi) is 13.3. The number of nitrogens with one attached hydrogen (secondary N) is 1. The van der Waals surface area contributed by atoms with Gasteiger partial charge in [-0.15, -0.1) is 11.6 Å². The first-order valence-electron chi connectivity index (χ1n) is 14.8. The van der Waals surface area contributed by atoms with Gasteiger partial charge in [0, 0.05) is 37.2 Å². The molecule has 0 saturated carbocycles. The van der Waals surface area contributed by atoms with Crippen LogP contribution in [0.15, 0.2) is 59.0 Å². The van der Waals surface area contributed by atoms with Gasteiger partial charge in [0.25, 0.3) is 0 Å². The number of alkyl halides is 1. The molecule has 1 N–H and O–H groups in total. The van der Waals surface area contributed by atoms with Crippen molar-refractivity contribution in [2.24, 2.45) is 0 Å². The largest absolute Gasteiger partial charge is 0.448 e. The number of unbranched alkanes of at least 4 members (excludes halogenated alkanes) is 3. The number of fused-ring (bicyclic) bond motifs is 2. The predicted molar refractivity (Wildman–Crippen MR) is 173 cm³/mol. The van der Waals surface area contributed by atoms with Gasteiger partial charge in [0.2, 0.25) is 5.89 Å². The molecule has 0 bridgehead atoms. The first-order chi connectivity index (χ1) is 21.6. The van der Waals surface area contributed by atoms with Crippen molar-refractivity contribution in [1.82, 2.24) is 15.3 Å². The molecule has 0 unspecified atom stereocenters. The molecule has 0 saturated heterocycles. The predicted octanol–water partition coefficient (Wildman–Crippen LogP) is 6.43. The Morgan fingerprint density at radius 1 is 0.977 bits per heavy atom. The lowest BCUT2D eigenvalue weighted by Gasteiger charge is -2.19. The number of carbonyl (C=O) groups excluding carboxylic acids is 1. The number of oxazole rings is 1.